The number of carbonyl (C=O) groups excluding carboxylic acids is 6. The molecule has 41 heavy (non-hydrogen) atoms. The zero-order chi connectivity index (χ0) is 29.9. The van der Waals surface area contributed by atoms with Gasteiger partial charge in [0.1, 0.15) is 11.1 Å². The van der Waals surface area contributed by atoms with Crippen LogP contribution in [0.25, 0.3) is 31.7 Å². The monoisotopic (exact) mass is 608 g/mol. The summed E-state index contributed by atoms with van der Waals surface area (Å²) in [7, 11) is 5.38. The molecule has 5 rings (SSSR count). The highest BCUT2D eigenvalue weighted by atomic mass is 32.1. The highest BCUT2D eigenvalue weighted by Gasteiger charge is 2.39. The van der Waals surface area contributed by atoms with Crippen molar-refractivity contribution in [2.75, 3.05) is 28.2 Å². The maximum absolute atomic E-state index is 12.6. The van der Waals surface area contributed by atoms with Gasteiger partial charge in [0.25, 0.3) is 23.6 Å². The van der Waals surface area contributed by atoms with Crippen molar-refractivity contribution in [3.8, 4) is 19.5 Å². The molecule has 0 saturated carbocycles. The molecule has 0 radical (unpaired) electrons. The molecule has 0 spiro atoms. The van der Waals surface area contributed by atoms with E-state index >= 15 is 0 Å². The molecular weight excluding hydrogens is 585 g/mol. The number of carbonyl (C=O) groups is 6. The molecule has 0 aromatic carbocycles. The number of nitrogens with zero attached hydrogens (tertiary/aromatic N) is 4. The summed E-state index contributed by atoms with van der Waals surface area (Å²) < 4.78 is 0. The zero-order valence-electron chi connectivity index (χ0n) is 22.9. The summed E-state index contributed by atoms with van der Waals surface area (Å²) in [4.78, 5) is 83.6. The van der Waals surface area contributed by atoms with Crippen LogP contribution in [0.3, 0.4) is 0 Å². The average Bonchev–Trinajstić information content (AvgIpc) is 3.67. The van der Waals surface area contributed by atoms with Crippen LogP contribution < -0.4 is 0 Å². The second-order valence-corrected chi connectivity index (χ2v) is 12.9. The quantitative estimate of drug-likeness (QED) is 0.314. The van der Waals surface area contributed by atoms with Crippen LogP contribution in [0.15, 0.2) is 35.4 Å². The van der Waals surface area contributed by atoms with Gasteiger partial charge in [-0.1, -0.05) is 0 Å². The highest BCUT2D eigenvalue weighted by molar-refractivity contribution is 7.27. The second kappa shape index (κ2) is 10.3. The van der Waals surface area contributed by atoms with E-state index < -0.39 is 35.7 Å². The lowest BCUT2D eigenvalue weighted by atomic mass is 10.1. The van der Waals surface area contributed by atoms with E-state index in [0.29, 0.717) is 0 Å². The number of hydrogen-bond acceptors (Lipinski definition) is 9. The lowest BCUT2D eigenvalue weighted by Gasteiger charge is -2.28. The first-order valence-electron chi connectivity index (χ1n) is 12.2. The van der Waals surface area contributed by atoms with E-state index in [4.69, 9.17) is 0 Å². The van der Waals surface area contributed by atoms with Gasteiger partial charge in [-0.15, -0.1) is 34.0 Å². The van der Waals surface area contributed by atoms with E-state index in [0.717, 1.165) is 60.0 Å². The molecule has 13 heteroatoms. The Hall–Kier alpha value is -4.20. The fraction of sp³-hybridized carbons (Fsp3) is 0.214. The normalized spacial score (nSPS) is 16.5. The number of likely N-dealkylation sites (N-methyl/N-ethyl adjacent to an activating group) is 4. The van der Waals surface area contributed by atoms with E-state index in [1.165, 1.54) is 63.0 Å². The van der Waals surface area contributed by atoms with Gasteiger partial charge in [0.15, 0.2) is 0 Å². The summed E-state index contributed by atoms with van der Waals surface area (Å²) in [6, 6.07) is 6.49. The van der Waals surface area contributed by atoms with Gasteiger partial charge in [0.2, 0.25) is 0 Å². The third kappa shape index (κ3) is 4.75. The van der Waals surface area contributed by atoms with E-state index in [1.54, 1.807) is 11.3 Å². The second-order valence-electron chi connectivity index (χ2n) is 9.62. The molecule has 3 aromatic rings. The van der Waals surface area contributed by atoms with Gasteiger partial charge >= 0.3 is 12.1 Å². The number of hydrogen-bond donors (Lipinski definition) is 0. The van der Waals surface area contributed by atoms with Crippen LogP contribution >= 0.6 is 34.0 Å². The Balaban J connectivity index is 1.43. The third-order valence-electron chi connectivity index (χ3n) is 6.79. The van der Waals surface area contributed by atoms with E-state index in [-0.39, 0.29) is 11.1 Å². The minimum atomic E-state index is -0.666. The van der Waals surface area contributed by atoms with Gasteiger partial charge < -0.3 is 0 Å². The Kier molecular flexibility index (Phi) is 7.14. The molecule has 210 valence electrons. The van der Waals surface area contributed by atoms with Crippen LogP contribution in [-0.2, 0) is 19.2 Å². The smallest absolute Gasteiger partial charge is 0.268 e. The number of thiophene rings is 3. The number of aryl methyl sites for hydroxylation is 2. The first kappa shape index (κ1) is 28.3. The zero-order valence-corrected chi connectivity index (χ0v) is 25.4. The molecular formula is C28H24N4O6S3. The van der Waals surface area contributed by atoms with Crippen molar-refractivity contribution in [2.45, 2.75) is 13.8 Å². The Morgan fingerprint density at radius 2 is 0.854 bits per heavy atom. The number of rotatable bonds is 4. The first-order chi connectivity index (χ1) is 19.3. The molecule has 2 aliphatic rings. The molecule has 2 fully saturated rings. The van der Waals surface area contributed by atoms with Crippen LogP contribution in [-0.4, -0.2) is 83.5 Å². The van der Waals surface area contributed by atoms with Gasteiger partial charge in [-0.25, -0.2) is 9.59 Å². The molecule has 0 aliphatic carbocycles. The number of imide groups is 4. The summed E-state index contributed by atoms with van der Waals surface area (Å²) >= 11 is 4.47. The van der Waals surface area contributed by atoms with Crippen molar-refractivity contribution in [1.82, 2.24) is 19.6 Å². The molecule has 10 nitrogen and oxygen atoms in total. The molecule has 2 saturated heterocycles. The summed E-state index contributed by atoms with van der Waals surface area (Å²) in [6.45, 7) is 3.91. The summed E-state index contributed by atoms with van der Waals surface area (Å²) in [5, 5.41) is 0. The van der Waals surface area contributed by atoms with Crippen molar-refractivity contribution in [2.24, 2.45) is 0 Å². The predicted octanol–water partition coefficient (Wildman–Crippen LogP) is 4.69. The fourth-order valence-electron chi connectivity index (χ4n) is 4.46. The van der Waals surface area contributed by atoms with Crippen LogP contribution in [0.1, 0.15) is 20.9 Å². The fourth-order valence-corrected chi connectivity index (χ4v) is 8.05. The number of urea groups is 2. The maximum Gasteiger partial charge on any atom is 0.333 e. The lowest BCUT2D eigenvalue weighted by Crippen LogP contribution is -2.52. The van der Waals surface area contributed by atoms with Gasteiger partial charge in [0.05, 0.1) is 0 Å². The van der Waals surface area contributed by atoms with E-state index in [9.17, 15) is 28.8 Å². The molecule has 8 amide bonds. The third-order valence-corrected chi connectivity index (χ3v) is 10.6. The average molecular weight is 609 g/mol. The Morgan fingerprint density at radius 3 is 1.17 bits per heavy atom. The molecule has 2 aliphatic heterocycles. The Morgan fingerprint density at radius 1 is 0.537 bits per heavy atom. The number of amides is 8. The van der Waals surface area contributed by atoms with Crippen LogP contribution in [0.2, 0.25) is 0 Å². The van der Waals surface area contributed by atoms with Gasteiger partial charge in [0, 0.05) is 57.5 Å². The van der Waals surface area contributed by atoms with Gasteiger partial charge in [-0.05, 0) is 61.4 Å². The largest absolute Gasteiger partial charge is 0.333 e. The van der Waals surface area contributed by atoms with Crippen molar-refractivity contribution in [1.29, 1.82) is 0 Å². The lowest BCUT2D eigenvalue weighted by molar-refractivity contribution is -0.135. The van der Waals surface area contributed by atoms with Crippen LogP contribution in [0.5, 0.6) is 0 Å². The van der Waals surface area contributed by atoms with Crippen molar-refractivity contribution >= 4 is 81.9 Å². The summed E-state index contributed by atoms with van der Waals surface area (Å²) in [6.07, 6.45) is 3.05. The van der Waals surface area contributed by atoms with Crippen molar-refractivity contribution in [3.05, 3.63) is 56.3 Å². The van der Waals surface area contributed by atoms with E-state index in [1.807, 2.05) is 38.1 Å². The van der Waals surface area contributed by atoms with E-state index in [2.05, 4.69) is 0 Å². The first-order valence-corrected chi connectivity index (χ1v) is 14.7. The molecule has 3 aromatic heterocycles. The molecule has 0 unspecified atom stereocenters. The molecule has 0 bridgehead atoms. The Bertz CT molecular complexity index is 1580. The SMILES string of the molecule is Cc1cc(C=C2C(=O)N(C)C(=O)N(C)C2=O)sc1-c1ccc(-c2sc(C=C3C(=O)N(C)C(=O)N(C)C3=O)cc2C)s1. The minimum absolute atomic E-state index is 0.0678. The summed E-state index contributed by atoms with van der Waals surface area (Å²) in [5.41, 5.74) is 1.83. The van der Waals surface area contributed by atoms with Gasteiger partial charge in [-0.2, -0.15) is 0 Å². The topological polar surface area (TPSA) is 115 Å². The van der Waals surface area contributed by atoms with Crippen LogP contribution in [0, 0.1) is 13.8 Å². The molecule has 0 atom stereocenters. The van der Waals surface area contributed by atoms with Crippen molar-refractivity contribution < 1.29 is 28.8 Å². The van der Waals surface area contributed by atoms with Crippen molar-refractivity contribution in [3.63, 3.8) is 0 Å². The predicted molar refractivity (Wildman–Crippen MR) is 158 cm³/mol. The molecule has 0 N–H and O–H groups in total. The summed E-state index contributed by atoms with van der Waals surface area (Å²) in [5.74, 6) is -2.54. The molecule has 5 heterocycles. The number of barbiturate groups is 2. The van der Waals surface area contributed by atoms with Crippen LogP contribution in [0.4, 0.5) is 9.59 Å². The maximum atomic E-state index is 12.6. The Labute approximate surface area is 247 Å². The van der Waals surface area contributed by atoms with Gasteiger partial charge in [-0.3, -0.25) is 38.8 Å². The standard InChI is InChI=1S/C28H24N4O6S3/c1-13-9-15(11-17-23(33)29(3)27(37)30(4)24(17)34)39-21(13)19-7-8-20(41-19)22-14(2)10-16(40-22)12-18-25(35)31(5)28(38)32(6)26(18)36/h7-12H,1-6H3. The minimum Gasteiger partial charge on any atom is -0.268 e. The highest BCUT2D eigenvalue weighted by Crippen LogP contribution is 2.43.